The molecule has 1 amide bonds. The van der Waals surface area contributed by atoms with Gasteiger partial charge in [0.2, 0.25) is 0 Å². The van der Waals surface area contributed by atoms with Crippen molar-refractivity contribution in [2.24, 2.45) is 5.92 Å². The second-order valence-electron chi connectivity index (χ2n) is 9.20. The van der Waals surface area contributed by atoms with Crippen molar-refractivity contribution in [1.29, 1.82) is 0 Å². The summed E-state index contributed by atoms with van der Waals surface area (Å²) in [7, 11) is 0. The largest absolute Gasteiger partial charge is 0.465 e. The van der Waals surface area contributed by atoms with Crippen LogP contribution in [0.2, 0.25) is 0 Å². The Kier molecular flexibility index (Phi) is 8.87. The van der Waals surface area contributed by atoms with Crippen LogP contribution >= 0.6 is 12.2 Å². The van der Waals surface area contributed by atoms with Gasteiger partial charge in [-0.2, -0.15) is 0 Å². The minimum Gasteiger partial charge on any atom is -0.465 e. The van der Waals surface area contributed by atoms with E-state index in [1.165, 1.54) is 4.90 Å². The summed E-state index contributed by atoms with van der Waals surface area (Å²) in [5.74, 6) is -0.930. The molecule has 2 aromatic carbocycles. The Morgan fingerprint density at radius 3 is 2.14 bits per heavy atom. The molecule has 0 saturated heterocycles. The third-order valence-corrected chi connectivity index (χ3v) is 5.55. The summed E-state index contributed by atoms with van der Waals surface area (Å²) < 4.78 is 10.8. The van der Waals surface area contributed by atoms with Gasteiger partial charge in [0.25, 0.3) is 0 Å². The molecule has 0 aliphatic carbocycles. The van der Waals surface area contributed by atoms with Gasteiger partial charge < -0.3 is 20.1 Å². The van der Waals surface area contributed by atoms with E-state index in [9.17, 15) is 9.59 Å². The highest BCUT2D eigenvalue weighted by Gasteiger charge is 2.33. The molecule has 1 aliphatic heterocycles. The zero-order chi connectivity index (χ0) is 25.4. The van der Waals surface area contributed by atoms with Crippen molar-refractivity contribution in [3.63, 3.8) is 0 Å². The molecule has 0 spiro atoms. The summed E-state index contributed by atoms with van der Waals surface area (Å²) in [6.07, 6.45) is 1.50. The fraction of sp³-hybridized carbons (Fsp3) is 0.370. The summed E-state index contributed by atoms with van der Waals surface area (Å²) >= 11 is 5.66. The number of hydrogen-bond donors (Lipinski definition) is 2. The minimum absolute atomic E-state index is 0.204. The van der Waals surface area contributed by atoms with Gasteiger partial charge in [0.15, 0.2) is 5.11 Å². The molecule has 1 unspecified atom stereocenters. The van der Waals surface area contributed by atoms with Crippen LogP contribution in [0.15, 0.2) is 72.6 Å². The second kappa shape index (κ2) is 11.8. The first-order valence-corrected chi connectivity index (χ1v) is 12.1. The molecule has 7 nitrogen and oxygen atoms in total. The van der Waals surface area contributed by atoms with Gasteiger partial charge in [0, 0.05) is 18.4 Å². The number of amides is 1. The number of ether oxygens (including phenoxy) is 2. The highest BCUT2D eigenvalue weighted by molar-refractivity contribution is 7.80. The van der Waals surface area contributed by atoms with Crippen molar-refractivity contribution < 1.29 is 19.1 Å². The Morgan fingerprint density at radius 2 is 1.63 bits per heavy atom. The molecule has 1 aliphatic rings. The lowest BCUT2D eigenvalue weighted by Gasteiger charge is -2.32. The zero-order valence-corrected chi connectivity index (χ0v) is 21.4. The van der Waals surface area contributed by atoms with Gasteiger partial charge in [0.05, 0.1) is 12.6 Å². The molecule has 0 saturated carbocycles. The minimum atomic E-state index is -0.633. The Hall–Kier alpha value is -3.39. The second-order valence-corrected chi connectivity index (χ2v) is 9.61. The molecular formula is C27H33N3O4S. The monoisotopic (exact) mass is 495 g/mol. The SMILES string of the molecule is CCOC(=O)C1CCN(C(=O)OC(C)(C)C)C=C1NC(=S)NC(c1ccccc1)c1ccccc1. The maximum absolute atomic E-state index is 12.7. The number of esters is 1. The van der Waals surface area contributed by atoms with Crippen LogP contribution in [0.1, 0.15) is 51.3 Å². The van der Waals surface area contributed by atoms with Crippen molar-refractivity contribution in [3.05, 3.63) is 83.7 Å². The van der Waals surface area contributed by atoms with Gasteiger partial charge in [-0.1, -0.05) is 60.7 Å². The number of rotatable bonds is 6. The first kappa shape index (κ1) is 26.2. The first-order chi connectivity index (χ1) is 16.7. The zero-order valence-electron chi connectivity index (χ0n) is 20.6. The fourth-order valence-corrected chi connectivity index (χ4v) is 4.00. The van der Waals surface area contributed by atoms with Crippen molar-refractivity contribution in [1.82, 2.24) is 15.5 Å². The quantitative estimate of drug-likeness (QED) is 0.436. The standard InChI is InChI=1S/C27H33N3O4S/c1-5-33-24(31)21-16-17-30(26(32)34-27(2,3)4)18-22(21)28-25(35)29-23(19-12-8-6-9-13-19)20-14-10-7-11-15-20/h6-15,18,21,23H,5,16-17H2,1-4H3,(H2,28,29,35). The Morgan fingerprint density at radius 1 is 1.06 bits per heavy atom. The molecule has 186 valence electrons. The lowest BCUT2D eigenvalue weighted by Crippen LogP contribution is -2.45. The Labute approximate surface area is 212 Å². The Balaban J connectivity index is 1.83. The molecule has 2 aromatic rings. The van der Waals surface area contributed by atoms with Crippen LogP contribution in [0, 0.1) is 5.92 Å². The van der Waals surface area contributed by atoms with E-state index >= 15 is 0 Å². The Bertz CT molecular complexity index is 1010. The molecule has 0 radical (unpaired) electrons. The maximum atomic E-state index is 12.7. The van der Waals surface area contributed by atoms with Crippen LogP contribution in [0.3, 0.4) is 0 Å². The molecule has 2 N–H and O–H groups in total. The summed E-state index contributed by atoms with van der Waals surface area (Å²) in [5, 5.41) is 6.85. The number of carbonyl (C=O) groups is 2. The summed E-state index contributed by atoms with van der Waals surface area (Å²) in [6.45, 7) is 7.80. The first-order valence-electron chi connectivity index (χ1n) is 11.7. The molecule has 1 atom stereocenters. The number of nitrogens with zero attached hydrogens (tertiary/aromatic N) is 1. The van der Waals surface area contributed by atoms with Gasteiger partial charge in [-0.3, -0.25) is 9.69 Å². The van der Waals surface area contributed by atoms with E-state index in [1.807, 2.05) is 81.4 Å². The smallest absolute Gasteiger partial charge is 0.414 e. The van der Waals surface area contributed by atoms with Gasteiger partial charge in [0.1, 0.15) is 11.5 Å². The molecule has 8 heteroatoms. The normalized spacial score (nSPS) is 15.7. The predicted octanol–water partition coefficient (Wildman–Crippen LogP) is 4.90. The van der Waals surface area contributed by atoms with Gasteiger partial charge in [-0.25, -0.2) is 4.79 Å². The molecule has 3 rings (SSSR count). The topological polar surface area (TPSA) is 79.9 Å². The lowest BCUT2D eigenvalue weighted by atomic mass is 9.98. The number of hydrogen-bond acceptors (Lipinski definition) is 5. The average Bonchev–Trinajstić information content (AvgIpc) is 2.82. The van der Waals surface area contributed by atoms with Gasteiger partial charge in [-0.15, -0.1) is 0 Å². The summed E-state index contributed by atoms with van der Waals surface area (Å²) in [4.78, 5) is 26.8. The number of carbonyl (C=O) groups excluding carboxylic acids is 2. The van der Waals surface area contributed by atoms with Crippen molar-refractivity contribution in [2.45, 2.75) is 45.8 Å². The van der Waals surface area contributed by atoms with Crippen LogP contribution in [-0.2, 0) is 14.3 Å². The van der Waals surface area contributed by atoms with E-state index in [0.29, 0.717) is 23.8 Å². The number of benzene rings is 2. The lowest BCUT2D eigenvalue weighted by molar-refractivity contribution is -0.147. The van der Waals surface area contributed by atoms with Crippen molar-refractivity contribution >= 4 is 29.4 Å². The van der Waals surface area contributed by atoms with Crippen LogP contribution < -0.4 is 10.6 Å². The molecule has 1 heterocycles. The predicted molar refractivity (Wildman–Crippen MR) is 139 cm³/mol. The highest BCUT2D eigenvalue weighted by atomic mass is 32.1. The molecule has 0 fully saturated rings. The van der Waals surface area contributed by atoms with Crippen LogP contribution in [0.5, 0.6) is 0 Å². The molecular weight excluding hydrogens is 462 g/mol. The average molecular weight is 496 g/mol. The van der Waals surface area contributed by atoms with Crippen LogP contribution in [0.4, 0.5) is 4.79 Å². The number of nitrogens with one attached hydrogen (secondary N) is 2. The summed E-state index contributed by atoms with van der Waals surface area (Å²) in [5.41, 5.74) is 1.93. The van der Waals surface area contributed by atoms with E-state index in [0.717, 1.165) is 11.1 Å². The van der Waals surface area contributed by atoms with E-state index in [4.69, 9.17) is 21.7 Å². The van der Waals surface area contributed by atoms with Crippen LogP contribution in [-0.4, -0.2) is 40.8 Å². The van der Waals surface area contributed by atoms with Crippen molar-refractivity contribution in [3.8, 4) is 0 Å². The maximum Gasteiger partial charge on any atom is 0.414 e. The highest BCUT2D eigenvalue weighted by Crippen LogP contribution is 2.25. The van der Waals surface area contributed by atoms with Gasteiger partial charge in [-0.05, 0) is 57.5 Å². The summed E-state index contributed by atoms with van der Waals surface area (Å²) in [6, 6.07) is 19.7. The number of thiocarbonyl (C=S) groups is 1. The van der Waals surface area contributed by atoms with E-state index in [-0.39, 0.29) is 18.6 Å². The van der Waals surface area contributed by atoms with E-state index in [2.05, 4.69) is 10.6 Å². The van der Waals surface area contributed by atoms with Gasteiger partial charge >= 0.3 is 12.1 Å². The van der Waals surface area contributed by atoms with Crippen LogP contribution in [0.25, 0.3) is 0 Å². The fourth-order valence-electron chi connectivity index (χ4n) is 3.77. The van der Waals surface area contributed by atoms with E-state index in [1.54, 1.807) is 13.1 Å². The van der Waals surface area contributed by atoms with Crippen molar-refractivity contribution in [2.75, 3.05) is 13.2 Å². The third kappa shape index (κ3) is 7.55. The molecule has 0 aromatic heterocycles. The molecule has 0 bridgehead atoms. The molecule has 35 heavy (non-hydrogen) atoms. The third-order valence-electron chi connectivity index (χ3n) is 5.33. The van der Waals surface area contributed by atoms with E-state index < -0.39 is 17.6 Å².